The van der Waals surface area contributed by atoms with E-state index < -0.39 is 53.6 Å². The van der Waals surface area contributed by atoms with Crippen LogP contribution in [0.5, 0.6) is 0 Å². The number of carboxylic acid groups (broad SMARTS) is 2. The molecule has 17 heteroatoms. The molecule has 2 atom stereocenters. The number of aliphatic carboxylic acids is 1. The number of aromatic nitrogens is 3. The van der Waals surface area contributed by atoms with E-state index in [-0.39, 0.29) is 34.4 Å². The molecule has 0 aliphatic carbocycles. The number of anilines is 1. The summed E-state index contributed by atoms with van der Waals surface area (Å²) in [7, 11) is 3.15. The van der Waals surface area contributed by atoms with Gasteiger partial charge in [-0.2, -0.15) is 0 Å². The minimum atomic E-state index is -1.40. The Balaban J connectivity index is 1.46. The standard InChI is InChI=1S/C35H32F2N6O9/c1-18(36)12-24(41(3)35(50)52-17-51-27(46)9-8-26(44)45)30-29(37)28-31(42-11-10-20-14-40(2)16-25(20)42)23(13-38-32(28)39-30)19-4-5-21-6-7-22(34(48)49)33(47)43(21)15-19/h4-9,12-13,15,20,25H,1,10-11,14,16-17H2,2-3H3,(H,38,39)(H,44,45)(H,48,49)/b9-8+,24-12+/t20-,25?/m0/s1. The van der Waals surface area contributed by atoms with Crippen LogP contribution in [0.25, 0.3) is 33.4 Å². The maximum Gasteiger partial charge on any atom is 0.416 e. The number of halogens is 2. The van der Waals surface area contributed by atoms with Crippen molar-refractivity contribution in [3.63, 3.8) is 0 Å². The van der Waals surface area contributed by atoms with Gasteiger partial charge in [-0.05, 0) is 43.7 Å². The summed E-state index contributed by atoms with van der Waals surface area (Å²) in [6.45, 7) is 4.36. The molecule has 3 N–H and O–H groups in total. The number of pyridine rings is 3. The number of likely N-dealkylation sites (N-methyl/N-ethyl adjacent to an activating group) is 1. The van der Waals surface area contributed by atoms with Gasteiger partial charge < -0.3 is 34.5 Å². The summed E-state index contributed by atoms with van der Waals surface area (Å²) >= 11 is 0. The molecular formula is C35H32F2N6O9. The minimum absolute atomic E-state index is 0.0137. The number of esters is 1. The Bertz CT molecular complexity index is 2280. The highest BCUT2D eigenvalue weighted by Gasteiger charge is 2.42. The first-order chi connectivity index (χ1) is 24.7. The third kappa shape index (κ3) is 6.72. The number of carbonyl (C=O) groups is 4. The number of hydrogen-bond acceptors (Lipinski definition) is 10. The Morgan fingerprint density at radius 3 is 2.60 bits per heavy atom. The summed E-state index contributed by atoms with van der Waals surface area (Å²) in [4.78, 5) is 72.4. The van der Waals surface area contributed by atoms with Gasteiger partial charge in [0, 0.05) is 73.9 Å². The smallest absolute Gasteiger partial charge is 0.416 e. The van der Waals surface area contributed by atoms with Crippen LogP contribution in [0.2, 0.25) is 0 Å². The lowest BCUT2D eigenvalue weighted by molar-refractivity contribution is -0.146. The zero-order chi connectivity index (χ0) is 37.4. The summed E-state index contributed by atoms with van der Waals surface area (Å²) in [5, 5.41) is 18.2. The van der Waals surface area contributed by atoms with Crippen LogP contribution in [0.15, 0.2) is 72.1 Å². The summed E-state index contributed by atoms with van der Waals surface area (Å²) in [6.07, 6.45) is 4.53. The molecule has 0 aromatic carbocycles. The largest absolute Gasteiger partial charge is 0.478 e. The highest BCUT2D eigenvalue weighted by molar-refractivity contribution is 6.02. The van der Waals surface area contributed by atoms with Crippen molar-refractivity contribution in [2.75, 3.05) is 45.4 Å². The van der Waals surface area contributed by atoms with Crippen LogP contribution in [-0.4, -0.2) is 105 Å². The van der Waals surface area contributed by atoms with Crippen molar-refractivity contribution in [3.8, 4) is 11.1 Å². The van der Waals surface area contributed by atoms with Crippen molar-refractivity contribution < 1.29 is 47.6 Å². The Labute approximate surface area is 293 Å². The molecule has 0 bridgehead atoms. The SMILES string of the molecule is C=C(F)/C=C(\c1[nH]c2ncc(-c3ccc4ccc(C(=O)O)c(=O)n4c3)c(N3CC[C@H]4CN(C)CC43)c2c1F)N(C)C(=O)OCOC(=O)/C=C/C(=O)O. The first-order valence-electron chi connectivity index (χ1n) is 15.8. The predicted octanol–water partition coefficient (Wildman–Crippen LogP) is 3.85. The predicted molar refractivity (Wildman–Crippen MR) is 183 cm³/mol. The molecule has 1 unspecified atom stereocenters. The van der Waals surface area contributed by atoms with E-state index in [1.807, 2.05) is 7.05 Å². The number of carbonyl (C=O) groups excluding carboxylic acids is 2. The fourth-order valence-corrected chi connectivity index (χ4v) is 6.76. The number of amides is 1. The molecule has 2 fully saturated rings. The average molecular weight is 719 g/mol. The number of aromatic amines is 1. The first-order valence-corrected chi connectivity index (χ1v) is 15.8. The molecule has 0 spiro atoms. The molecule has 2 saturated heterocycles. The zero-order valence-corrected chi connectivity index (χ0v) is 27.8. The van der Waals surface area contributed by atoms with Crippen LogP contribution in [0.3, 0.4) is 0 Å². The van der Waals surface area contributed by atoms with Crippen molar-refractivity contribution in [2.24, 2.45) is 5.92 Å². The quantitative estimate of drug-likeness (QED) is 0.0932. The second-order valence-electron chi connectivity index (χ2n) is 12.4. The lowest BCUT2D eigenvalue weighted by Gasteiger charge is -2.29. The van der Waals surface area contributed by atoms with Crippen molar-refractivity contribution >= 4 is 51.9 Å². The van der Waals surface area contributed by atoms with Crippen LogP contribution in [-0.2, 0) is 19.1 Å². The number of fused-ring (bicyclic) bond motifs is 3. The number of aromatic carboxylic acids is 1. The number of rotatable bonds is 10. The van der Waals surface area contributed by atoms with Crippen molar-refractivity contribution in [3.05, 3.63) is 94.7 Å². The number of nitrogens with zero attached hydrogens (tertiary/aromatic N) is 5. The highest BCUT2D eigenvalue weighted by Crippen LogP contribution is 2.45. The van der Waals surface area contributed by atoms with Crippen molar-refractivity contribution in [2.45, 2.75) is 12.5 Å². The van der Waals surface area contributed by atoms with E-state index in [4.69, 9.17) is 9.84 Å². The lowest BCUT2D eigenvalue weighted by Crippen LogP contribution is -2.35. The average Bonchev–Trinajstić information content (AvgIpc) is 3.77. The van der Waals surface area contributed by atoms with Gasteiger partial charge in [-0.3, -0.25) is 14.1 Å². The van der Waals surface area contributed by atoms with E-state index in [1.54, 1.807) is 12.1 Å². The molecule has 1 amide bonds. The Morgan fingerprint density at radius 1 is 1.13 bits per heavy atom. The lowest BCUT2D eigenvalue weighted by atomic mass is 10.0. The summed E-state index contributed by atoms with van der Waals surface area (Å²) in [5.74, 6) is -5.55. The number of H-pyrrole nitrogens is 1. The molecular weight excluding hydrogens is 686 g/mol. The molecule has 4 aromatic rings. The molecule has 6 heterocycles. The second kappa shape index (κ2) is 14.1. The third-order valence-corrected chi connectivity index (χ3v) is 9.07. The van der Waals surface area contributed by atoms with Gasteiger partial charge in [0.25, 0.3) is 5.56 Å². The number of hydrogen-bond donors (Lipinski definition) is 3. The molecule has 4 aromatic heterocycles. The maximum absolute atomic E-state index is 17.0. The van der Waals surface area contributed by atoms with Gasteiger partial charge >= 0.3 is 24.0 Å². The molecule has 270 valence electrons. The summed E-state index contributed by atoms with van der Waals surface area (Å²) < 4.78 is 42.2. The Hall–Kier alpha value is -6.36. The molecule has 0 radical (unpaired) electrons. The summed E-state index contributed by atoms with van der Waals surface area (Å²) in [6, 6.07) is 6.07. The van der Waals surface area contributed by atoms with Gasteiger partial charge in [-0.1, -0.05) is 12.6 Å². The zero-order valence-electron chi connectivity index (χ0n) is 27.8. The van der Waals surface area contributed by atoms with Crippen LogP contribution >= 0.6 is 0 Å². The highest BCUT2D eigenvalue weighted by atomic mass is 19.1. The Morgan fingerprint density at radius 2 is 1.88 bits per heavy atom. The summed E-state index contributed by atoms with van der Waals surface area (Å²) in [5.41, 5.74) is -0.0662. The number of allylic oxidation sites excluding steroid dienone is 2. The van der Waals surface area contributed by atoms with Crippen molar-refractivity contribution in [1.82, 2.24) is 24.2 Å². The number of ether oxygens (including phenoxy) is 2. The van der Waals surface area contributed by atoms with Crippen molar-refractivity contribution in [1.29, 1.82) is 0 Å². The normalized spacial score (nSPS) is 17.5. The van der Waals surface area contributed by atoms with Crippen LogP contribution in [0.4, 0.5) is 19.3 Å². The van der Waals surface area contributed by atoms with E-state index in [2.05, 4.69) is 31.1 Å². The molecule has 0 saturated carbocycles. The number of carboxylic acids is 2. The fourth-order valence-electron chi connectivity index (χ4n) is 6.76. The van der Waals surface area contributed by atoms with Gasteiger partial charge in [0.2, 0.25) is 6.79 Å². The first kappa shape index (κ1) is 35.5. The van der Waals surface area contributed by atoms with Gasteiger partial charge in [0.1, 0.15) is 22.7 Å². The molecule has 6 rings (SSSR count). The number of likely N-dealkylation sites (tertiary alicyclic amines) is 1. The van der Waals surface area contributed by atoms with E-state index in [0.29, 0.717) is 47.6 Å². The van der Waals surface area contributed by atoms with E-state index in [0.717, 1.165) is 31.0 Å². The van der Waals surface area contributed by atoms with E-state index in [9.17, 15) is 33.5 Å². The number of nitrogens with one attached hydrogen (secondary N) is 1. The van der Waals surface area contributed by atoms with Gasteiger partial charge in [-0.15, -0.1) is 0 Å². The van der Waals surface area contributed by atoms with Crippen LogP contribution in [0, 0.1) is 11.7 Å². The molecule has 2 aliphatic rings. The van der Waals surface area contributed by atoms with E-state index in [1.165, 1.54) is 28.9 Å². The Kier molecular flexibility index (Phi) is 9.62. The molecule has 52 heavy (non-hydrogen) atoms. The maximum atomic E-state index is 17.0. The third-order valence-electron chi connectivity index (χ3n) is 9.07. The minimum Gasteiger partial charge on any atom is -0.478 e. The van der Waals surface area contributed by atoms with Crippen LogP contribution in [0.1, 0.15) is 22.5 Å². The second-order valence-corrected chi connectivity index (χ2v) is 12.4. The molecule has 15 nitrogen and oxygen atoms in total. The van der Waals surface area contributed by atoms with Gasteiger partial charge in [0.05, 0.1) is 16.8 Å². The molecule has 2 aliphatic heterocycles. The van der Waals surface area contributed by atoms with Crippen LogP contribution < -0.4 is 10.5 Å². The van der Waals surface area contributed by atoms with E-state index >= 15 is 4.39 Å². The topological polar surface area (TPSA) is 187 Å². The fraction of sp³-hybridized carbons (Fsp3) is 0.257. The monoisotopic (exact) mass is 718 g/mol. The van der Waals surface area contributed by atoms with Gasteiger partial charge in [-0.25, -0.2) is 32.9 Å². The van der Waals surface area contributed by atoms with Gasteiger partial charge in [0.15, 0.2) is 5.82 Å².